The van der Waals surface area contributed by atoms with E-state index in [4.69, 9.17) is 4.74 Å². The Bertz CT molecular complexity index is 1410. The number of nitrogens with zero attached hydrogens (tertiary/aromatic N) is 1. The molecule has 0 spiro atoms. The molecule has 4 aromatic rings. The van der Waals surface area contributed by atoms with Crippen molar-refractivity contribution in [1.82, 2.24) is 5.43 Å². The summed E-state index contributed by atoms with van der Waals surface area (Å²) in [5.41, 5.74) is 3.52. The van der Waals surface area contributed by atoms with E-state index in [1.54, 1.807) is 12.1 Å². The van der Waals surface area contributed by atoms with Crippen LogP contribution in [0.5, 0.6) is 5.75 Å². The van der Waals surface area contributed by atoms with Crippen LogP contribution in [0.1, 0.15) is 22.3 Å². The molecule has 0 fully saturated rings. The molecule has 0 aromatic heterocycles. The first-order valence-electron chi connectivity index (χ1n) is 10.8. The Kier molecular flexibility index (Phi) is 8.11. The van der Waals surface area contributed by atoms with Gasteiger partial charge in [-0.05, 0) is 77.5 Å². The van der Waals surface area contributed by atoms with Crippen molar-refractivity contribution in [3.05, 3.63) is 110 Å². The number of hydrazone groups is 1. The number of hydrogen-bond donors (Lipinski definition) is 1. The molecule has 9 heteroatoms. The van der Waals surface area contributed by atoms with Crippen molar-refractivity contribution in [3.8, 4) is 5.75 Å². The third-order valence-corrected chi connectivity index (χ3v) is 6.47. The number of rotatable bonds is 7. The van der Waals surface area contributed by atoms with Crippen molar-refractivity contribution in [3.63, 3.8) is 0 Å². The van der Waals surface area contributed by atoms with Crippen LogP contribution in [0.15, 0.2) is 92.9 Å². The van der Waals surface area contributed by atoms with E-state index >= 15 is 0 Å². The maximum Gasteiger partial charge on any atom is 0.416 e. The maximum absolute atomic E-state index is 12.8. The van der Waals surface area contributed by atoms with E-state index in [1.165, 1.54) is 18.3 Å². The number of nitrogens with one attached hydrogen (secondary N) is 1. The van der Waals surface area contributed by atoms with Crippen LogP contribution in [0.2, 0.25) is 0 Å². The minimum absolute atomic E-state index is 0.227. The number of alkyl halides is 3. The van der Waals surface area contributed by atoms with E-state index in [0.717, 1.165) is 28.5 Å². The summed E-state index contributed by atoms with van der Waals surface area (Å²) in [6, 6.07) is 22.4. The predicted molar refractivity (Wildman–Crippen MR) is 141 cm³/mol. The van der Waals surface area contributed by atoms with Crippen molar-refractivity contribution in [1.29, 1.82) is 0 Å². The van der Waals surface area contributed by atoms with E-state index in [-0.39, 0.29) is 12.0 Å². The van der Waals surface area contributed by atoms with Gasteiger partial charge in [-0.3, -0.25) is 4.79 Å². The third kappa shape index (κ3) is 6.53. The van der Waals surface area contributed by atoms with E-state index in [9.17, 15) is 18.0 Å². The summed E-state index contributed by atoms with van der Waals surface area (Å²) >= 11 is 7.03. The zero-order valence-corrected chi connectivity index (χ0v) is 21.8. The van der Waals surface area contributed by atoms with Crippen molar-refractivity contribution in [2.45, 2.75) is 19.2 Å². The van der Waals surface area contributed by atoms with Gasteiger partial charge in [0.25, 0.3) is 0 Å². The van der Waals surface area contributed by atoms with Gasteiger partial charge in [-0.25, -0.2) is 5.43 Å². The Labute approximate surface area is 222 Å². The average molecular weight is 620 g/mol. The highest BCUT2D eigenvalue weighted by Crippen LogP contribution is 2.35. The molecule has 4 rings (SSSR count). The van der Waals surface area contributed by atoms with Gasteiger partial charge in [-0.1, -0.05) is 60.7 Å². The Morgan fingerprint density at radius 3 is 2.39 bits per heavy atom. The van der Waals surface area contributed by atoms with Crippen molar-refractivity contribution < 1.29 is 22.7 Å². The first kappa shape index (κ1) is 25.9. The van der Waals surface area contributed by atoms with Gasteiger partial charge >= 0.3 is 6.18 Å². The molecule has 4 aromatic carbocycles. The van der Waals surface area contributed by atoms with Crippen molar-refractivity contribution in [2.24, 2.45) is 5.10 Å². The number of halogens is 5. The van der Waals surface area contributed by atoms with Crippen LogP contribution in [0, 0.1) is 0 Å². The van der Waals surface area contributed by atoms with Crippen LogP contribution in [0.4, 0.5) is 13.2 Å². The zero-order chi connectivity index (χ0) is 25.7. The lowest BCUT2D eigenvalue weighted by Crippen LogP contribution is -2.20. The van der Waals surface area contributed by atoms with Gasteiger partial charge in [0.05, 0.1) is 27.1 Å². The molecule has 0 radical (unpaired) electrons. The summed E-state index contributed by atoms with van der Waals surface area (Å²) in [5.74, 6) is 0.0902. The molecule has 4 nitrogen and oxygen atoms in total. The number of carbonyl (C=O) groups excluding carboxylic acids is 1. The van der Waals surface area contributed by atoms with Gasteiger partial charge in [0, 0.05) is 0 Å². The molecule has 0 unspecified atom stereocenters. The fraction of sp³-hybridized carbons (Fsp3) is 0.111. The minimum Gasteiger partial charge on any atom is -0.487 e. The second kappa shape index (κ2) is 11.3. The second-order valence-electron chi connectivity index (χ2n) is 7.91. The average Bonchev–Trinajstić information content (AvgIpc) is 2.83. The van der Waals surface area contributed by atoms with Crippen LogP contribution >= 0.6 is 31.9 Å². The molecule has 0 bridgehead atoms. The molecule has 36 heavy (non-hydrogen) atoms. The lowest BCUT2D eigenvalue weighted by molar-refractivity contribution is -0.137. The third-order valence-electron chi connectivity index (χ3n) is 5.29. The van der Waals surface area contributed by atoms with Crippen LogP contribution < -0.4 is 10.2 Å². The van der Waals surface area contributed by atoms with Gasteiger partial charge < -0.3 is 4.74 Å². The monoisotopic (exact) mass is 618 g/mol. The van der Waals surface area contributed by atoms with E-state index in [2.05, 4.69) is 60.6 Å². The highest BCUT2D eigenvalue weighted by Gasteiger charge is 2.30. The van der Waals surface area contributed by atoms with E-state index < -0.39 is 17.6 Å². The largest absolute Gasteiger partial charge is 0.487 e. The van der Waals surface area contributed by atoms with Crippen molar-refractivity contribution in [2.75, 3.05) is 0 Å². The lowest BCUT2D eigenvalue weighted by Gasteiger charge is -2.13. The number of benzene rings is 4. The Hall–Kier alpha value is -3.17. The van der Waals surface area contributed by atoms with Crippen LogP contribution in [0.3, 0.4) is 0 Å². The molecule has 0 saturated heterocycles. The Balaban J connectivity index is 1.38. The van der Waals surface area contributed by atoms with Crippen LogP contribution in [-0.4, -0.2) is 12.1 Å². The first-order chi connectivity index (χ1) is 17.2. The Morgan fingerprint density at radius 1 is 0.944 bits per heavy atom. The van der Waals surface area contributed by atoms with Gasteiger partial charge in [0.15, 0.2) is 0 Å². The zero-order valence-electron chi connectivity index (χ0n) is 18.7. The molecule has 0 heterocycles. The SMILES string of the molecule is O=C(Cc1cccc(C(F)(F)F)c1)N/N=C\c1cc(Br)c(OCc2cccc3ccccc23)c(Br)c1. The van der Waals surface area contributed by atoms with Gasteiger partial charge in [0.2, 0.25) is 5.91 Å². The molecule has 1 amide bonds. The normalized spacial score (nSPS) is 11.7. The smallest absolute Gasteiger partial charge is 0.416 e. The molecule has 0 atom stereocenters. The number of amides is 1. The summed E-state index contributed by atoms with van der Waals surface area (Å²) in [4.78, 5) is 12.1. The standard InChI is InChI=1S/C27H19Br2F3N2O2/c28-23-12-18(15-33-34-25(35)14-17-5-3-9-21(11-17)27(30,31)32)13-24(29)26(23)36-16-20-8-4-7-19-6-1-2-10-22(19)20/h1-13,15H,14,16H2,(H,34,35)/b33-15-. The molecular weight excluding hydrogens is 601 g/mol. The molecular formula is C27H19Br2F3N2O2. The summed E-state index contributed by atoms with van der Waals surface area (Å²) in [5, 5.41) is 6.18. The molecule has 1 N–H and O–H groups in total. The number of carbonyl (C=O) groups is 1. The quantitative estimate of drug-likeness (QED) is 0.171. The number of ether oxygens (including phenoxy) is 1. The molecule has 0 aliphatic rings. The fourth-order valence-corrected chi connectivity index (χ4v) is 5.07. The molecule has 0 aliphatic heterocycles. The van der Waals surface area contributed by atoms with Crippen LogP contribution in [0.25, 0.3) is 10.8 Å². The lowest BCUT2D eigenvalue weighted by atomic mass is 10.1. The van der Waals surface area contributed by atoms with Gasteiger partial charge in [0.1, 0.15) is 12.4 Å². The topological polar surface area (TPSA) is 50.7 Å². The van der Waals surface area contributed by atoms with Gasteiger partial charge in [-0.2, -0.15) is 18.3 Å². The fourth-order valence-electron chi connectivity index (χ4n) is 3.62. The number of fused-ring (bicyclic) bond motifs is 1. The minimum atomic E-state index is -4.46. The van der Waals surface area contributed by atoms with E-state index in [0.29, 0.717) is 26.9 Å². The van der Waals surface area contributed by atoms with Crippen LogP contribution in [-0.2, 0) is 24.0 Å². The second-order valence-corrected chi connectivity index (χ2v) is 9.62. The Morgan fingerprint density at radius 2 is 1.64 bits per heavy atom. The highest BCUT2D eigenvalue weighted by atomic mass is 79.9. The molecule has 0 aliphatic carbocycles. The first-order valence-corrected chi connectivity index (χ1v) is 12.4. The maximum atomic E-state index is 12.8. The molecule has 184 valence electrons. The summed E-state index contributed by atoms with van der Waals surface area (Å²) in [7, 11) is 0. The summed E-state index contributed by atoms with van der Waals surface area (Å²) in [6.45, 7) is 0.373. The summed E-state index contributed by atoms with van der Waals surface area (Å²) < 4.78 is 46.0. The predicted octanol–water partition coefficient (Wildman–Crippen LogP) is 7.66. The van der Waals surface area contributed by atoms with Gasteiger partial charge in [-0.15, -0.1) is 0 Å². The molecule has 0 saturated carbocycles. The number of hydrogen-bond acceptors (Lipinski definition) is 3. The van der Waals surface area contributed by atoms with E-state index in [1.807, 2.05) is 24.3 Å². The van der Waals surface area contributed by atoms with Crippen molar-refractivity contribution >= 4 is 54.8 Å². The highest BCUT2D eigenvalue weighted by molar-refractivity contribution is 9.11. The summed E-state index contributed by atoms with van der Waals surface area (Å²) in [6.07, 6.45) is -3.25.